The number of halogens is 1. The van der Waals surface area contributed by atoms with E-state index >= 15 is 0 Å². The van der Waals surface area contributed by atoms with Gasteiger partial charge in [-0.3, -0.25) is 5.41 Å². The predicted molar refractivity (Wildman–Crippen MR) is 62.4 cm³/mol. The van der Waals surface area contributed by atoms with Gasteiger partial charge < -0.3 is 15.6 Å². The van der Waals surface area contributed by atoms with Crippen molar-refractivity contribution >= 4 is 21.8 Å². The Balaban J connectivity index is 2.70. The van der Waals surface area contributed by atoms with Gasteiger partial charge in [-0.2, -0.15) is 0 Å². The number of amidine groups is 1. The second-order valence-electron chi connectivity index (χ2n) is 2.98. The lowest BCUT2D eigenvalue weighted by Crippen LogP contribution is -2.11. The molecule has 4 N–H and O–H groups in total. The molecular weight excluding hydrogens is 260 g/mol. The first-order chi connectivity index (χ1) is 7.15. The maximum absolute atomic E-state index is 8.59. The molecule has 1 rings (SSSR count). The van der Waals surface area contributed by atoms with Crippen molar-refractivity contribution in [3.05, 3.63) is 28.2 Å². The second-order valence-corrected chi connectivity index (χ2v) is 3.84. The summed E-state index contributed by atoms with van der Waals surface area (Å²) in [7, 11) is 0. The van der Waals surface area contributed by atoms with Gasteiger partial charge in [0.05, 0.1) is 11.1 Å². The Morgan fingerprint density at radius 3 is 2.80 bits per heavy atom. The minimum absolute atomic E-state index is 0.0256. The van der Waals surface area contributed by atoms with Crippen LogP contribution in [-0.4, -0.2) is 24.2 Å². The van der Waals surface area contributed by atoms with Crippen LogP contribution in [0.25, 0.3) is 0 Å². The van der Waals surface area contributed by atoms with Crippen LogP contribution in [0.4, 0.5) is 0 Å². The second kappa shape index (κ2) is 5.72. The molecule has 82 valence electrons. The molecule has 0 bridgehead atoms. The van der Waals surface area contributed by atoms with Crippen LogP contribution >= 0.6 is 15.9 Å². The van der Waals surface area contributed by atoms with Crippen molar-refractivity contribution in [2.24, 2.45) is 5.73 Å². The number of rotatable bonds is 5. The van der Waals surface area contributed by atoms with E-state index in [-0.39, 0.29) is 12.4 Å². The van der Waals surface area contributed by atoms with Crippen LogP contribution in [0.5, 0.6) is 5.75 Å². The highest BCUT2D eigenvalue weighted by molar-refractivity contribution is 9.10. The average Bonchev–Trinajstić information content (AvgIpc) is 2.20. The summed E-state index contributed by atoms with van der Waals surface area (Å²) in [5.74, 6) is 0.714. The quantitative estimate of drug-likeness (QED) is 0.432. The molecule has 1 aromatic carbocycles. The fourth-order valence-electron chi connectivity index (χ4n) is 1.03. The van der Waals surface area contributed by atoms with Crippen LogP contribution < -0.4 is 10.5 Å². The molecule has 0 spiro atoms. The van der Waals surface area contributed by atoms with Crippen molar-refractivity contribution in [3.63, 3.8) is 0 Å². The van der Waals surface area contributed by atoms with Gasteiger partial charge in [0.2, 0.25) is 0 Å². The molecule has 0 atom stereocenters. The lowest BCUT2D eigenvalue weighted by atomic mass is 10.2. The molecule has 0 saturated heterocycles. The smallest absolute Gasteiger partial charge is 0.133 e. The zero-order chi connectivity index (χ0) is 11.3. The summed E-state index contributed by atoms with van der Waals surface area (Å²) in [5.41, 5.74) is 5.99. The molecule has 5 heteroatoms. The average molecular weight is 273 g/mol. The summed E-state index contributed by atoms with van der Waals surface area (Å²) in [6.07, 6.45) is 0.598. The van der Waals surface area contributed by atoms with Crippen LogP contribution in [-0.2, 0) is 0 Å². The van der Waals surface area contributed by atoms with Gasteiger partial charge in [-0.1, -0.05) is 0 Å². The number of nitrogens with one attached hydrogen (secondary N) is 1. The lowest BCUT2D eigenvalue weighted by molar-refractivity contribution is 0.233. The van der Waals surface area contributed by atoms with Gasteiger partial charge in [0.1, 0.15) is 11.6 Å². The monoisotopic (exact) mass is 272 g/mol. The van der Waals surface area contributed by atoms with Crippen LogP contribution in [0.3, 0.4) is 0 Å². The van der Waals surface area contributed by atoms with E-state index in [1.807, 2.05) is 0 Å². The summed E-state index contributed by atoms with van der Waals surface area (Å²) >= 11 is 3.33. The zero-order valence-electron chi connectivity index (χ0n) is 8.16. The number of aliphatic hydroxyl groups is 1. The van der Waals surface area contributed by atoms with Gasteiger partial charge in [-0.25, -0.2) is 0 Å². The summed E-state index contributed by atoms with van der Waals surface area (Å²) in [6, 6.07) is 5.20. The van der Waals surface area contributed by atoms with Crippen LogP contribution in [0.15, 0.2) is 22.7 Å². The van der Waals surface area contributed by atoms with Gasteiger partial charge in [0, 0.05) is 18.6 Å². The largest absolute Gasteiger partial charge is 0.492 e. The number of nitrogens with two attached hydrogens (primary N) is 1. The minimum Gasteiger partial charge on any atom is -0.492 e. The highest BCUT2D eigenvalue weighted by atomic mass is 79.9. The van der Waals surface area contributed by atoms with Gasteiger partial charge in [-0.05, 0) is 34.1 Å². The fourth-order valence-corrected chi connectivity index (χ4v) is 1.53. The molecular formula is C10H13BrN2O2. The van der Waals surface area contributed by atoms with Gasteiger partial charge in [0.25, 0.3) is 0 Å². The number of aliphatic hydroxyl groups excluding tert-OH is 1. The van der Waals surface area contributed by atoms with Crippen molar-refractivity contribution < 1.29 is 9.84 Å². The van der Waals surface area contributed by atoms with Crippen molar-refractivity contribution in [3.8, 4) is 5.75 Å². The highest BCUT2D eigenvalue weighted by Crippen LogP contribution is 2.25. The molecule has 4 nitrogen and oxygen atoms in total. The van der Waals surface area contributed by atoms with E-state index in [0.717, 1.165) is 4.47 Å². The standard InChI is InChI=1S/C10H13BrN2O2/c11-8-6-7(10(12)13)2-3-9(8)15-5-1-4-14/h2-3,6,14H,1,4-5H2,(H3,12,13). The van der Waals surface area contributed by atoms with Crippen LogP contribution in [0.2, 0.25) is 0 Å². The third kappa shape index (κ3) is 3.53. The van der Waals surface area contributed by atoms with Crippen molar-refractivity contribution in [2.75, 3.05) is 13.2 Å². The summed E-state index contributed by atoms with van der Waals surface area (Å²) in [5, 5.41) is 15.8. The zero-order valence-corrected chi connectivity index (χ0v) is 9.75. The predicted octanol–water partition coefficient (Wildman–Crippen LogP) is 1.49. The molecule has 15 heavy (non-hydrogen) atoms. The SMILES string of the molecule is N=C(N)c1ccc(OCCCO)c(Br)c1. The lowest BCUT2D eigenvalue weighted by Gasteiger charge is -2.08. The number of nitrogen functional groups attached to an aromatic ring is 1. The topological polar surface area (TPSA) is 79.3 Å². The van der Waals surface area contributed by atoms with Gasteiger partial charge >= 0.3 is 0 Å². The first-order valence-corrected chi connectivity index (χ1v) is 5.32. The Labute approximate surface area is 96.7 Å². The first-order valence-electron chi connectivity index (χ1n) is 4.52. The maximum atomic E-state index is 8.59. The summed E-state index contributed by atoms with van der Waals surface area (Å²) in [4.78, 5) is 0. The molecule has 0 saturated carbocycles. The third-order valence-corrected chi connectivity index (χ3v) is 2.42. The van der Waals surface area contributed by atoms with E-state index in [9.17, 15) is 0 Å². The summed E-state index contributed by atoms with van der Waals surface area (Å²) in [6.45, 7) is 0.581. The van der Waals surface area contributed by atoms with Crippen LogP contribution in [0.1, 0.15) is 12.0 Å². The Bertz CT molecular complexity index is 355. The van der Waals surface area contributed by atoms with E-state index in [0.29, 0.717) is 24.3 Å². The van der Waals surface area contributed by atoms with E-state index in [2.05, 4.69) is 15.9 Å². The van der Waals surface area contributed by atoms with Crippen molar-refractivity contribution in [1.29, 1.82) is 5.41 Å². The molecule has 0 fully saturated rings. The molecule has 0 aliphatic rings. The Kier molecular flexibility index (Phi) is 4.58. The maximum Gasteiger partial charge on any atom is 0.133 e. The Morgan fingerprint density at radius 1 is 1.53 bits per heavy atom. The molecule has 0 radical (unpaired) electrons. The number of ether oxygens (including phenoxy) is 1. The Morgan fingerprint density at radius 2 is 2.27 bits per heavy atom. The fraction of sp³-hybridized carbons (Fsp3) is 0.300. The third-order valence-electron chi connectivity index (χ3n) is 1.80. The molecule has 0 aliphatic carbocycles. The normalized spacial score (nSPS) is 10.0. The molecule has 0 aromatic heterocycles. The molecule has 1 aromatic rings. The van der Waals surface area contributed by atoms with E-state index in [1.165, 1.54) is 0 Å². The van der Waals surface area contributed by atoms with Crippen molar-refractivity contribution in [1.82, 2.24) is 0 Å². The van der Waals surface area contributed by atoms with Crippen LogP contribution in [0, 0.1) is 5.41 Å². The van der Waals surface area contributed by atoms with Gasteiger partial charge in [-0.15, -0.1) is 0 Å². The van der Waals surface area contributed by atoms with E-state index in [1.54, 1.807) is 18.2 Å². The van der Waals surface area contributed by atoms with E-state index < -0.39 is 0 Å². The number of benzene rings is 1. The highest BCUT2D eigenvalue weighted by Gasteiger charge is 2.03. The molecule has 0 aliphatic heterocycles. The first kappa shape index (κ1) is 12.0. The molecule has 0 amide bonds. The minimum atomic E-state index is 0.0256. The van der Waals surface area contributed by atoms with Crippen molar-refractivity contribution in [2.45, 2.75) is 6.42 Å². The Hall–Kier alpha value is -1.07. The van der Waals surface area contributed by atoms with Gasteiger partial charge in [0.15, 0.2) is 0 Å². The number of hydrogen-bond acceptors (Lipinski definition) is 3. The molecule has 0 unspecified atom stereocenters. The number of hydrogen-bond donors (Lipinski definition) is 3. The molecule has 0 heterocycles. The summed E-state index contributed by atoms with van der Waals surface area (Å²) < 4.78 is 6.15. The van der Waals surface area contributed by atoms with E-state index in [4.69, 9.17) is 21.0 Å².